The number of hydrogen-bond donors (Lipinski definition) is 1. The van der Waals surface area contributed by atoms with Gasteiger partial charge >= 0.3 is 5.97 Å². The molecule has 0 bridgehead atoms. The van der Waals surface area contributed by atoms with Crippen molar-refractivity contribution < 1.29 is 23.4 Å². The van der Waals surface area contributed by atoms with E-state index in [2.05, 4.69) is 15.9 Å². The monoisotopic (exact) mass is 308 g/mol. The van der Waals surface area contributed by atoms with E-state index in [4.69, 9.17) is 9.84 Å². The Morgan fingerprint density at radius 2 is 2.12 bits per heavy atom. The summed E-state index contributed by atoms with van der Waals surface area (Å²) in [5.41, 5.74) is -0.347. The largest absolute Gasteiger partial charge is 0.479 e. The number of carboxylic acids is 1. The van der Waals surface area contributed by atoms with Gasteiger partial charge in [-0.25, -0.2) is 13.6 Å². The molecule has 3 nitrogen and oxygen atoms in total. The molecule has 0 amide bonds. The summed E-state index contributed by atoms with van der Waals surface area (Å²) >= 11 is 3.08. The molecule has 94 valence electrons. The Bertz CT molecular complexity index is 429. The molecule has 1 rings (SSSR count). The summed E-state index contributed by atoms with van der Waals surface area (Å²) < 4.78 is 32.1. The third-order valence-electron chi connectivity index (χ3n) is 2.07. The molecular formula is C11H11BrF2O3. The number of benzene rings is 1. The lowest BCUT2D eigenvalue weighted by Gasteiger charge is -2.18. The molecule has 0 aromatic heterocycles. The van der Waals surface area contributed by atoms with E-state index in [-0.39, 0.29) is 11.3 Å². The lowest BCUT2D eigenvalue weighted by Crippen LogP contribution is -2.24. The van der Waals surface area contributed by atoms with E-state index >= 15 is 0 Å². The zero-order chi connectivity index (χ0) is 13.2. The molecule has 0 fully saturated rings. The molecule has 0 spiro atoms. The molecular weight excluding hydrogens is 298 g/mol. The van der Waals surface area contributed by atoms with Gasteiger partial charge in [0.05, 0.1) is 5.56 Å². The van der Waals surface area contributed by atoms with Crippen LogP contribution >= 0.6 is 15.9 Å². The van der Waals surface area contributed by atoms with Crippen LogP contribution in [0, 0.1) is 0 Å². The van der Waals surface area contributed by atoms with Gasteiger partial charge in [0.2, 0.25) is 0 Å². The smallest absolute Gasteiger partial charge is 0.344 e. The van der Waals surface area contributed by atoms with Gasteiger partial charge in [-0.2, -0.15) is 0 Å². The lowest BCUT2D eigenvalue weighted by atomic mass is 10.1. The summed E-state index contributed by atoms with van der Waals surface area (Å²) in [5.74, 6) is -4.44. The van der Waals surface area contributed by atoms with Crippen LogP contribution in [0.1, 0.15) is 19.4 Å². The molecule has 1 unspecified atom stereocenters. The van der Waals surface area contributed by atoms with E-state index in [0.29, 0.717) is 4.47 Å². The van der Waals surface area contributed by atoms with Crippen LogP contribution in [0.15, 0.2) is 22.7 Å². The molecule has 1 aromatic rings. The lowest BCUT2D eigenvalue weighted by molar-refractivity contribution is -0.144. The minimum Gasteiger partial charge on any atom is -0.479 e. The fourth-order valence-corrected chi connectivity index (χ4v) is 1.55. The minimum atomic E-state index is -3.10. The SMILES string of the molecule is CC(Oc1ccc(Br)cc1C(C)(F)F)C(=O)O. The van der Waals surface area contributed by atoms with Gasteiger partial charge in [0.25, 0.3) is 5.92 Å². The molecule has 0 aliphatic heterocycles. The van der Waals surface area contributed by atoms with Gasteiger partial charge in [0, 0.05) is 11.4 Å². The van der Waals surface area contributed by atoms with Crippen molar-refractivity contribution in [1.29, 1.82) is 0 Å². The second-order valence-electron chi connectivity index (χ2n) is 3.63. The third kappa shape index (κ3) is 3.66. The molecule has 0 aliphatic rings. The Kier molecular flexibility index (Phi) is 4.08. The minimum absolute atomic E-state index is 0.129. The number of halogens is 3. The molecule has 1 N–H and O–H groups in total. The number of aliphatic carboxylic acids is 1. The summed E-state index contributed by atoms with van der Waals surface area (Å²) in [6.45, 7) is 2.01. The van der Waals surface area contributed by atoms with Crippen molar-refractivity contribution in [2.75, 3.05) is 0 Å². The average Bonchev–Trinajstić information content (AvgIpc) is 2.18. The van der Waals surface area contributed by atoms with E-state index in [1.54, 1.807) is 0 Å². The maximum absolute atomic E-state index is 13.3. The van der Waals surface area contributed by atoms with Crippen molar-refractivity contribution in [3.8, 4) is 5.75 Å². The fourth-order valence-electron chi connectivity index (χ4n) is 1.19. The highest BCUT2D eigenvalue weighted by molar-refractivity contribution is 9.10. The Balaban J connectivity index is 3.11. The van der Waals surface area contributed by atoms with Crippen LogP contribution in [-0.2, 0) is 10.7 Å². The van der Waals surface area contributed by atoms with Gasteiger partial charge < -0.3 is 9.84 Å². The number of carboxylic acid groups (broad SMARTS) is 1. The van der Waals surface area contributed by atoms with Crippen LogP contribution in [0.4, 0.5) is 8.78 Å². The zero-order valence-electron chi connectivity index (χ0n) is 9.21. The van der Waals surface area contributed by atoms with Crippen molar-refractivity contribution in [2.24, 2.45) is 0 Å². The number of carbonyl (C=O) groups is 1. The first-order chi connectivity index (χ1) is 7.71. The Hall–Kier alpha value is -1.17. The van der Waals surface area contributed by atoms with Crippen LogP contribution in [0.25, 0.3) is 0 Å². The molecule has 0 aliphatic carbocycles. The Morgan fingerprint density at radius 1 is 1.53 bits per heavy atom. The average molecular weight is 309 g/mol. The molecule has 17 heavy (non-hydrogen) atoms. The normalized spacial score (nSPS) is 13.2. The first kappa shape index (κ1) is 13.9. The van der Waals surface area contributed by atoms with Crippen LogP contribution < -0.4 is 4.74 Å². The summed E-state index contributed by atoms with van der Waals surface area (Å²) in [4.78, 5) is 10.6. The van der Waals surface area contributed by atoms with Crippen LogP contribution in [0.3, 0.4) is 0 Å². The van der Waals surface area contributed by atoms with E-state index < -0.39 is 18.0 Å². The number of alkyl halides is 2. The molecule has 1 atom stereocenters. The Labute approximate surface area is 106 Å². The molecule has 6 heteroatoms. The fraction of sp³-hybridized carbons (Fsp3) is 0.364. The second-order valence-corrected chi connectivity index (χ2v) is 4.54. The van der Waals surface area contributed by atoms with Crippen molar-refractivity contribution in [2.45, 2.75) is 25.9 Å². The highest BCUT2D eigenvalue weighted by Crippen LogP contribution is 2.36. The highest BCUT2D eigenvalue weighted by atomic mass is 79.9. The van der Waals surface area contributed by atoms with Crippen LogP contribution in [-0.4, -0.2) is 17.2 Å². The van der Waals surface area contributed by atoms with Crippen LogP contribution in [0.5, 0.6) is 5.75 Å². The molecule has 0 radical (unpaired) electrons. The quantitative estimate of drug-likeness (QED) is 0.927. The molecule has 0 saturated heterocycles. The molecule has 1 aromatic carbocycles. The van der Waals surface area contributed by atoms with Gasteiger partial charge in [0.15, 0.2) is 6.10 Å². The summed E-state index contributed by atoms with van der Waals surface area (Å²) in [5, 5.41) is 8.67. The van der Waals surface area contributed by atoms with E-state index in [9.17, 15) is 13.6 Å². The Morgan fingerprint density at radius 3 is 2.59 bits per heavy atom. The first-order valence-corrected chi connectivity index (χ1v) is 5.58. The molecule has 0 saturated carbocycles. The van der Waals surface area contributed by atoms with Crippen LogP contribution in [0.2, 0.25) is 0 Å². The van der Waals surface area contributed by atoms with Crippen molar-refractivity contribution in [3.63, 3.8) is 0 Å². The van der Waals surface area contributed by atoms with Gasteiger partial charge in [-0.3, -0.25) is 0 Å². The number of ether oxygens (including phenoxy) is 1. The van der Waals surface area contributed by atoms with Crippen molar-refractivity contribution in [1.82, 2.24) is 0 Å². The maximum atomic E-state index is 13.3. The van der Waals surface area contributed by atoms with E-state index in [1.807, 2.05) is 0 Å². The third-order valence-corrected chi connectivity index (χ3v) is 2.56. The summed E-state index contributed by atoms with van der Waals surface area (Å²) in [6.07, 6.45) is -1.18. The predicted molar refractivity (Wildman–Crippen MR) is 61.4 cm³/mol. The van der Waals surface area contributed by atoms with Gasteiger partial charge in [-0.15, -0.1) is 0 Å². The van der Waals surface area contributed by atoms with E-state index in [1.165, 1.54) is 25.1 Å². The topological polar surface area (TPSA) is 46.5 Å². The predicted octanol–water partition coefficient (Wildman–Crippen LogP) is 3.41. The first-order valence-electron chi connectivity index (χ1n) is 4.79. The van der Waals surface area contributed by atoms with E-state index in [0.717, 1.165) is 6.92 Å². The van der Waals surface area contributed by atoms with Gasteiger partial charge in [-0.05, 0) is 25.1 Å². The second kappa shape index (κ2) is 5.00. The van der Waals surface area contributed by atoms with Gasteiger partial charge in [0.1, 0.15) is 5.75 Å². The van der Waals surface area contributed by atoms with Crippen molar-refractivity contribution in [3.05, 3.63) is 28.2 Å². The van der Waals surface area contributed by atoms with Gasteiger partial charge in [-0.1, -0.05) is 15.9 Å². The highest BCUT2D eigenvalue weighted by Gasteiger charge is 2.30. The standard InChI is InChI=1S/C11H11BrF2O3/c1-6(10(15)16)17-9-4-3-7(12)5-8(9)11(2,13)14/h3-6H,1-2H3,(H,15,16). The maximum Gasteiger partial charge on any atom is 0.344 e. The summed E-state index contributed by atoms with van der Waals surface area (Å²) in [7, 11) is 0. The molecule has 0 heterocycles. The number of rotatable bonds is 4. The zero-order valence-corrected chi connectivity index (χ0v) is 10.8. The van der Waals surface area contributed by atoms with Crippen molar-refractivity contribution >= 4 is 21.9 Å². The summed E-state index contributed by atoms with van der Waals surface area (Å²) in [6, 6.07) is 4.04. The number of hydrogen-bond acceptors (Lipinski definition) is 2.